The maximum Gasteiger partial charge on any atom is 0.308 e. The largest absolute Gasteiger partial charge is 0.427 e. The molecule has 7 heteroatoms. The number of esters is 1. The number of rotatable bonds is 5. The van der Waals surface area contributed by atoms with Crippen LogP contribution in [0.4, 0.5) is 5.69 Å². The van der Waals surface area contributed by atoms with E-state index in [0.717, 1.165) is 16.6 Å². The SMILES string of the molecule is CC(=O)Oc1ccc(-c2cc3c(NC(C)C)c(C(N)=O)cnn3c2)cc1. The van der Waals surface area contributed by atoms with E-state index in [1.807, 2.05) is 38.2 Å². The van der Waals surface area contributed by atoms with Gasteiger partial charge in [0.05, 0.1) is 23.0 Å². The molecule has 3 rings (SSSR count). The lowest BCUT2D eigenvalue weighted by atomic mass is 10.1. The van der Waals surface area contributed by atoms with Crippen LogP contribution in [-0.2, 0) is 4.79 Å². The molecule has 0 bridgehead atoms. The second-order valence-electron chi connectivity index (χ2n) is 6.27. The lowest BCUT2D eigenvalue weighted by Crippen LogP contribution is -2.19. The molecule has 0 aliphatic carbocycles. The molecule has 0 aliphatic rings. The molecule has 7 nitrogen and oxygen atoms in total. The van der Waals surface area contributed by atoms with Crippen molar-refractivity contribution in [3.05, 3.63) is 48.3 Å². The average Bonchev–Trinajstić information content (AvgIpc) is 2.99. The summed E-state index contributed by atoms with van der Waals surface area (Å²) in [5, 5.41) is 7.55. The van der Waals surface area contributed by atoms with Gasteiger partial charge in [-0.1, -0.05) is 12.1 Å². The minimum atomic E-state index is -0.531. The van der Waals surface area contributed by atoms with E-state index in [0.29, 0.717) is 17.0 Å². The summed E-state index contributed by atoms with van der Waals surface area (Å²) in [6, 6.07) is 9.24. The van der Waals surface area contributed by atoms with Crippen LogP contribution in [0.1, 0.15) is 31.1 Å². The highest BCUT2D eigenvalue weighted by atomic mass is 16.5. The van der Waals surface area contributed by atoms with Gasteiger partial charge in [-0.05, 0) is 37.6 Å². The van der Waals surface area contributed by atoms with E-state index < -0.39 is 5.91 Å². The Morgan fingerprint density at radius 2 is 1.88 bits per heavy atom. The Bertz CT molecular complexity index is 974. The number of benzene rings is 1. The van der Waals surface area contributed by atoms with E-state index in [4.69, 9.17) is 10.5 Å². The molecule has 0 unspecified atom stereocenters. The van der Waals surface area contributed by atoms with E-state index >= 15 is 0 Å². The molecule has 0 atom stereocenters. The summed E-state index contributed by atoms with van der Waals surface area (Å²) in [7, 11) is 0. The molecular formula is C19H20N4O3. The first kappa shape index (κ1) is 17.5. The number of nitrogens with two attached hydrogens (primary N) is 1. The maximum absolute atomic E-state index is 11.7. The third-order valence-electron chi connectivity index (χ3n) is 3.78. The Morgan fingerprint density at radius 1 is 1.19 bits per heavy atom. The van der Waals surface area contributed by atoms with Crippen molar-refractivity contribution < 1.29 is 14.3 Å². The molecule has 0 saturated carbocycles. The molecule has 0 radical (unpaired) electrons. The van der Waals surface area contributed by atoms with Crippen LogP contribution in [-0.4, -0.2) is 27.5 Å². The topological polar surface area (TPSA) is 98.7 Å². The van der Waals surface area contributed by atoms with Crippen LogP contribution in [0.5, 0.6) is 5.75 Å². The van der Waals surface area contributed by atoms with Crippen molar-refractivity contribution in [1.82, 2.24) is 9.61 Å². The number of carbonyl (C=O) groups is 2. The average molecular weight is 352 g/mol. The zero-order valence-corrected chi connectivity index (χ0v) is 14.8. The fourth-order valence-corrected chi connectivity index (χ4v) is 2.72. The van der Waals surface area contributed by atoms with Gasteiger partial charge in [-0.25, -0.2) is 4.52 Å². The zero-order valence-electron chi connectivity index (χ0n) is 14.8. The Morgan fingerprint density at radius 3 is 2.46 bits per heavy atom. The number of anilines is 1. The lowest BCUT2D eigenvalue weighted by Gasteiger charge is -2.14. The summed E-state index contributed by atoms with van der Waals surface area (Å²) in [5.74, 6) is -0.405. The van der Waals surface area contributed by atoms with Crippen molar-refractivity contribution >= 4 is 23.1 Å². The molecule has 0 aliphatic heterocycles. The van der Waals surface area contributed by atoms with Crippen molar-refractivity contribution in [2.24, 2.45) is 5.73 Å². The third-order valence-corrected chi connectivity index (χ3v) is 3.78. The quantitative estimate of drug-likeness (QED) is 0.543. The molecule has 3 N–H and O–H groups in total. The minimum absolute atomic E-state index is 0.126. The van der Waals surface area contributed by atoms with Gasteiger partial charge in [-0.3, -0.25) is 9.59 Å². The second kappa shape index (κ2) is 6.87. The minimum Gasteiger partial charge on any atom is -0.427 e. The van der Waals surface area contributed by atoms with Crippen LogP contribution < -0.4 is 15.8 Å². The summed E-state index contributed by atoms with van der Waals surface area (Å²) in [4.78, 5) is 22.8. The van der Waals surface area contributed by atoms with Gasteiger partial charge in [-0.2, -0.15) is 5.10 Å². The van der Waals surface area contributed by atoms with Crippen LogP contribution in [0.2, 0.25) is 0 Å². The second-order valence-corrected chi connectivity index (χ2v) is 6.27. The highest BCUT2D eigenvalue weighted by Gasteiger charge is 2.16. The fraction of sp³-hybridized carbons (Fsp3) is 0.211. The molecule has 1 amide bonds. The van der Waals surface area contributed by atoms with Gasteiger partial charge in [0, 0.05) is 24.7 Å². The maximum atomic E-state index is 11.7. The Hall–Kier alpha value is -3.35. The van der Waals surface area contributed by atoms with E-state index in [1.54, 1.807) is 16.6 Å². The highest BCUT2D eigenvalue weighted by molar-refractivity contribution is 6.02. The number of carbonyl (C=O) groups excluding carboxylic acids is 2. The Kier molecular flexibility index (Phi) is 4.62. The van der Waals surface area contributed by atoms with Crippen LogP contribution in [0.25, 0.3) is 16.6 Å². The summed E-state index contributed by atoms with van der Waals surface area (Å²) in [6.45, 7) is 5.33. The predicted octanol–water partition coefficient (Wildman–Crippen LogP) is 2.85. The molecule has 2 heterocycles. The summed E-state index contributed by atoms with van der Waals surface area (Å²) < 4.78 is 6.75. The van der Waals surface area contributed by atoms with Gasteiger partial charge in [0.15, 0.2) is 0 Å². The Labute approximate surface area is 150 Å². The molecule has 0 fully saturated rings. The van der Waals surface area contributed by atoms with Crippen molar-refractivity contribution in [2.75, 3.05) is 5.32 Å². The normalized spacial score (nSPS) is 10.9. The summed E-state index contributed by atoms with van der Waals surface area (Å²) in [5.41, 5.74) is 9.10. The van der Waals surface area contributed by atoms with E-state index in [2.05, 4.69) is 10.4 Å². The molecule has 0 saturated heterocycles. The predicted molar refractivity (Wildman–Crippen MR) is 99.2 cm³/mol. The van der Waals surface area contributed by atoms with Gasteiger partial charge in [0.2, 0.25) is 0 Å². The number of aromatic nitrogens is 2. The van der Waals surface area contributed by atoms with Gasteiger partial charge < -0.3 is 15.8 Å². The lowest BCUT2D eigenvalue weighted by molar-refractivity contribution is -0.131. The monoisotopic (exact) mass is 352 g/mol. The molecule has 0 spiro atoms. The van der Waals surface area contributed by atoms with Crippen molar-refractivity contribution in [1.29, 1.82) is 0 Å². The first-order valence-electron chi connectivity index (χ1n) is 8.21. The number of hydrogen-bond acceptors (Lipinski definition) is 5. The van der Waals surface area contributed by atoms with Crippen LogP contribution in [0.15, 0.2) is 42.7 Å². The summed E-state index contributed by atoms with van der Waals surface area (Å²) >= 11 is 0. The number of nitrogens with zero attached hydrogens (tertiary/aromatic N) is 2. The first-order valence-corrected chi connectivity index (χ1v) is 8.21. The van der Waals surface area contributed by atoms with Crippen LogP contribution in [0.3, 0.4) is 0 Å². The highest BCUT2D eigenvalue weighted by Crippen LogP contribution is 2.29. The molecule has 1 aromatic carbocycles. The van der Waals surface area contributed by atoms with Gasteiger partial charge in [0.1, 0.15) is 5.75 Å². The fourth-order valence-electron chi connectivity index (χ4n) is 2.72. The van der Waals surface area contributed by atoms with Crippen molar-refractivity contribution in [3.8, 4) is 16.9 Å². The molecule has 2 aromatic heterocycles. The molecule has 3 aromatic rings. The van der Waals surface area contributed by atoms with E-state index in [9.17, 15) is 9.59 Å². The van der Waals surface area contributed by atoms with E-state index in [-0.39, 0.29) is 12.0 Å². The standard InChI is InChI=1S/C19H20N4O3/c1-11(2)22-18-16(19(20)25)9-21-23-10-14(8-17(18)23)13-4-6-15(7-5-13)26-12(3)24/h4-11,22H,1-3H3,(H2,20,25). The number of ether oxygens (including phenoxy) is 1. The number of amides is 1. The van der Waals surface area contributed by atoms with Gasteiger partial charge in [-0.15, -0.1) is 0 Å². The van der Waals surface area contributed by atoms with Crippen LogP contribution >= 0.6 is 0 Å². The first-order chi connectivity index (χ1) is 12.3. The summed E-state index contributed by atoms with van der Waals surface area (Å²) in [6.07, 6.45) is 3.33. The number of nitrogens with one attached hydrogen (secondary N) is 1. The molecule has 26 heavy (non-hydrogen) atoms. The van der Waals surface area contributed by atoms with Crippen molar-refractivity contribution in [2.45, 2.75) is 26.8 Å². The van der Waals surface area contributed by atoms with Gasteiger partial charge in [0.25, 0.3) is 5.91 Å². The smallest absolute Gasteiger partial charge is 0.308 e. The van der Waals surface area contributed by atoms with E-state index in [1.165, 1.54) is 13.1 Å². The molecular weight excluding hydrogens is 332 g/mol. The zero-order chi connectivity index (χ0) is 18.8. The number of hydrogen-bond donors (Lipinski definition) is 2. The van der Waals surface area contributed by atoms with Crippen molar-refractivity contribution in [3.63, 3.8) is 0 Å². The third kappa shape index (κ3) is 3.51. The molecule has 134 valence electrons. The Balaban J connectivity index is 2.06. The number of primary amides is 1. The number of fused-ring (bicyclic) bond motifs is 1. The van der Waals surface area contributed by atoms with Gasteiger partial charge >= 0.3 is 5.97 Å². The van der Waals surface area contributed by atoms with Crippen LogP contribution in [0, 0.1) is 0 Å².